The molecule has 5 heteroatoms. The van der Waals surface area contributed by atoms with Crippen molar-refractivity contribution in [1.82, 2.24) is 5.32 Å². The summed E-state index contributed by atoms with van der Waals surface area (Å²) in [5.74, 6) is -1.09. The van der Waals surface area contributed by atoms with Crippen LogP contribution in [-0.4, -0.2) is 30.7 Å². The average molecular weight is 255 g/mol. The highest BCUT2D eigenvalue weighted by Crippen LogP contribution is 2.03. The lowest BCUT2D eigenvalue weighted by molar-refractivity contribution is -0.141. The van der Waals surface area contributed by atoms with E-state index in [9.17, 15) is 9.59 Å². The van der Waals surface area contributed by atoms with Crippen molar-refractivity contribution in [3.05, 3.63) is 24.4 Å². The highest BCUT2D eigenvalue weighted by molar-refractivity contribution is 5.89. The van der Waals surface area contributed by atoms with Gasteiger partial charge in [0.15, 0.2) is 0 Å². The second-order valence-electron chi connectivity index (χ2n) is 4.60. The largest absolute Gasteiger partial charge is 0.462 e. The number of nitrogens with one attached hydrogen (secondary N) is 1. The van der Waals surface area contributed by atoms with E-state index >= 15 is 0 Å². The number of ether oxygens (including phenoxy) is 2. The second kappa shape index (κ2) is 7.53. The molecule has 0 aromatic heterocycles. The predicted octanol–water partition coefficient (Wildman–Crippen LogP) is 1.55. The third-order valence-corrected chi connectivity index (χ3v) is 1.75. The van der Waals surface area contributed by atoms with Crippen LogP contribution in [0.3, 0.4) is 0 Å². The molecule has 0 spiro atoms. The molecule has 1 N–H and O–H groups in total. The molecule has 0 aromatic carbocycles. The van der Waals surface area contributed by atoms with Crippen molar-refractivity contribution in [2.75, 3.05) is 13.2 Å². The molecule has 0 atom stereocenters. The van der Waals surface area contributed by atoms with E-state index in [2.05, 4.69) is 11.9 Å². The number of esters is 2. The summed E-state index contributed by atoms with van der Waals surface area (Å²) in [6.45, 7) is 10.9. The summed E-state index contributed by atoms with van der Waals surface area (Å²) in [6, 6.07) is 0. The maximum Gasteiger partial charge on any atom is 0.338 e. The highest BCUT2D eigenvalue weighted by atomic mass is 16.5. The van der Waals surface area contributed by atoms with E-state index in [4.69, 9.17) is 9.47 Å². The quantitative estimate of drug-likeness (QED) is 0.576. The molecule has 0 heterocycles. The number of carbonyl (C=O) groups excluding carboxylic acids is 2. The van der Waals surface area contributed by atoms with Gasteiger partial charge in [-0.2, -0.15) is 0 Å². The van der Waals surface area contributed by atoms with Gasteiger partial charge in [-0.15, -0.1) is 0 Å². The van der Waals surface area contributed by atoms with Crippen LogP contribution in [-0.2, 0) is 19.1 Å². The van der Waals surface area contributed by atoms with Crippen LogP contribution in [0.2, 0.25) is 0 Å². The molecule has 0 fully saturated rings. The zero-order valence-corrected chi connectivity index (χ0v) is 11.4. The molecule has 0 saturated carbocycles. The van der Waals surface area contributed by atoms with Gasteiger partial charge in [0.05, 0.1) is 12.2 Å². The van der Waals surface area contributed by atoms with Crippen molar-refractivity contribution >= 4 is 11.9 Å². The maximum absolute atomic E-state index is 11.6. The van der Waals surface area contributed by atoms with E-state index in [-0.39, 0.29) is 24.3 Å². The Hall–Kier alpha value is -1.78. The summed E-state index contributed by atoms with van der Waals surface area (Å²) in [5.41, 5.74) is 0.0576. The predicted molar refractivity (Wildman–Crippen MR) is 68.8 cm³/mol. The summed E-state index contributed by atoms with van der Waals surface area (Å²) < 4.78 is 9.69. The van der Waals surface area contributed by atoms with Crippen LogP contribution in [0.15, 0.2) is 24.4 Å². The number of rotatable bonds is 6. The molecule has 0 saturated heterocycles. The van der Waals surface area contributed by atoms with Crippen molar-refractivity contribution in [2.45, 2.75) is 33.2 Å². The fraction of sp³-hybridized carbons (Fsp3) is 0.538. The van der Waals surface area contributed by atoms with Crippen LogP contribution in [0.25, 0.3) is 0 Å². The molecule has 0 unspecified atom stereocenters. The minimum absolute atomic E-state index is 0.146. The van der Waals surface area contributed by atoms with E-state index in [1.165, 1.54) is 6.20 Å². The Balaban J connectivity index is 4.66. The van der Waals surface area contributed by atoms with Gasteiger partial charge in [0.2, 0.25) is 0 Å². The lowest BCUT2D eigenvalue weighted by Crippen LogP contribution is -2.32. The topological polar surface area (TPSA) is 64.6 Å². The first-order valence-corrected chi connectivity index (χ1v) is 5.73. The zero-order valence-electron chi connectivity index (χ0n) is 11.4. The molecule has 5 nitrogen and oxygen atoms in total. The molecule has 0 aliphatic heterocycles. The number of hydrogen-bond donors (Lipinski definition) is 1. The fourth-order valence-electron chi connectivity index (χ4n) is 0.895. The van der Waals surface area contributed by atoms with Crippen LogP contribution >= 0.6 is 0 Å². The lowest BCUT2D eigenvalue weighted by atomic mass is 10.1. The first kappa shape index (κ1) is 16.2. The molecular weight excluding hydrogens is 234 g/mol. The monoisotopic (exact) mass is 255 g/mol. The first-order valence-electron chi connectivity index (χ1n) is 5.73. The summed E-state index contributed by atoms with van der Waals surface area (Å²) in [6.07, 6.45) is 2.55. The van der Waals surface area contributed by atoms with E-state index in [1.807, 2.05) is 20.8 Å². The Morgan fingerprint density at radius 3 is 2.33 bits per heavy atom. The number of hydrogen-bond acceptors (Lipinski definition) is 5. The SMILES string of the molecule is C=CC(=O)OC/C(=C\NC(C)(C)C)C(=O)OCC. The number of carbonyl (C=O) groups is 2. The summed E-state index contributed by atoms with van der Waals surface area (Å²) in [4.78, 5) is 22.6. The minimum Gasteiger partial charge on any atom is -0.462 e. The van der Waals surface area contributed by atoms with Gasteiger partial charge in [-0.05, 0) is 27.7 Å². The van der Waals surface area contributed by atoms with Crippen molar-refractivity contribution in [3.63, 3.8) is 0 Å². The van der Waals surface area contributed by atoms with Crippen LogP contribution in [0.4, 0.5) is 0 Å². The maximum atomic E-state index is 11.6. The Kier molecular flexibility index (Phi) is 6.78. The first-order chi connectivity index (χ1) is 8.30. The van der Waals surface area contributed by atoms with Gasteiger partial charge in [0.25, 0.3) is 0 Å². The van der Waals surface area contributed by atoms with Gasteiger partial charge >= 0.3 is 11.9 Å². The van der Waals surface area contributed by atoms with Crippen LogP contribution < -0.4 is 5.32 Å². The molecule has 102 valence electrons. The van der Waals surface area contributed by atoms with E-state index in [1.54, 1.807) is 6.92 Å². The van der Waals surface area contributed by atoms with Gasteiger partial charge in [-0.3, -0.25) is 0 Å². The summed E-state index contributed by atoms with van der Waals surface area (Å²) in [7, 11) is 0. The molecule has 0 rings (SSSR count). The lowest BCUT2D eigenvalue weighted by Gasteiger charge is -2.19. The van der Waals surface area contributed by atoms with E-state index in [0.29, 0.717) is 0 Å². The molecule has 0 radical (unpaired) electrons. The summed E-state index contributed by atoms with van der Waals surface area (Å²) in [5, 5.41) is 3.02. The Bertz CT molecular complexity index is 339. The third kappa shape index (κ3) is 7.49. The van der Waals surface area contributed by atoms with Crippen molar-refractivity contribution in [1.29, 1.82) is 0 Å². The van der Waals surface area contributed by atoms with E-state index < -0.39 is 11.9 Å². The van der Waals surface area contributed by atoms with Crippen molar-refractivity contribution in [2.24, 2.45) is 0 Å². The van der Waals surface area contributed by atoms with Gasteiger partial charge in [0, 0.05) is 17.8 Å². The second-order valence-corrected chi connectivity index (χ2v) is 4.60. The van der Waals surface area contributed by atoms with Gasteiger partial charge < -0.3 is 14.8 Å². The standard InChI is InChI=1S/C13H21NO4/c1-6-11(15)18-9-10(12(16)17-7-2)8-14-13(3,4)5/h6,8,14H,1,7,9H2,2-5H3/b10-8+. The highest BCUT2D eigenvalue weighted by Gasteiger charge is 2.14. The minimum atomic E-state index is -0.582. The van der Waals surface area contributed by atoms with Gasteiger partial charge in [-0.25, -0.2) is 9.59 Å². The Morgan fingerprint density at radius 2 is 1.89 bits per heavy atom. The van der Waals surface area contributed by atoms with Crippen molar-refractivity contribution < 1.29 is 19.1 Å². The molecule has 0 aromatic rings. The van der Waals surface area contributed by atoms with Crippen LogP contribution in [0.1, 0.15) is 27.7 Å². The molecule has 0 bridgehead atoms. The van der Waals surface area contributed by atoms with Crippen LogP contribution in [0, 0.1) is 0 Å². The van der Waals surface area contributed by atoms with Gasteiger partial charge in [0.1, 0.15) is 6.61 Å². The van der Waals surface area contributed by atoms with Gasteiger partial charge in [-0.1, -0.05) is 6.58 Å². The van der Waals surface area contributed by atoms with E-state index in [0.717, 1.165) is 6.08 Å². The Labute approximate surface area is 108 Å². The normalized spacial score (nSPS) is 11.7. The summed E-state index contributed by atoms with van der Waals surface area (Å²) >= 11 is 0. The molecule has 0 amide bonds. The Morgan fingerprint density at radius 1 is 1.28 bits per heavy atom. The van der Waals surface area contributed by atoms with Crippen LogP contribution in [0.5, 0.6) is 0 Å². The molecule has 18 heavy (non-hydrogen) atoms. The van der Waals surface area contributed by atoms with Crippen molar-refractivity contribution in [3.8, 4) is 0 Å². The molecule has 0 aliphatic rings. The zero-order chi connectivity index (χ0) is 14.2. The average Bonchev–Trinajstić information content (AvgIpc) is 2.27. The molecular formula is C13H21NO4. The third-order valence-electron chi connectivity index (χ3n) is 1.75. The smallest absolute Gasteiger partial charge is 0.338 e. The fourth-order valence-corrected chi connectivity index (χ4v) is 0.895. The molecule has 0 aliphatic carbocycles.